The largest absolute Gasteiger partial charge is 0.472 e. The molecule has 5 atom stereocenters. The molecule has 0 aromatic carbocycles. The van der Waals surface area contributed by atoms with E-state index in [1.54, 1.807) is 0 Å². The zero-order valence-electron chi connectivity index (χ0n) is 64.8. The van der Waals surface area contributed by atoms with Crippen LogP contribution in [0.3, 0.4) is 0 Å². The molecule has 0 aromatic heterocycles. The zero-order chi connectivity index (χ0) is 72.8. The van der Waals surface area contributed by atoms with Crippen LogP contribution in [0.25, 0.3) is 0 Å². The summed E-state index contributed by atoms with van der Waals surface area (Å²) >= 11 is 0. The summed E-state index contributed by atoms with van der Waals surface area (Å²) in [5, 5.41) is 10.6. The van der Waals surface area contributed by atoms with E-state index in [0.717, 1.165) is 102 Å². The molecular formula is C80H156O17P2. The second kappa shape index (κ2) is 71.7. The number of phosphoric acid groups is 2. The van der Waals surface area contributed by atoms with Gasteiger partial charge in [0.05, 0.1) is 26.4 Å². The van der Waals surface area contributed by atoms with Gasteiger partial charge in [-0.3, -0.25) is 37.3 Å². The molecule has 0 aromatic rings. The van der Waals surface area contributed by atoms with Crippen LogP contribution >= 0.6 is 15.6 Å². The third kappa shape index (κ3) is 74.1. The molecule has 2 unspecified atom stereocenters. The predicted molar refractivity (Wildman–Crippen MR) is 405 cm³/mol. The molecule has 0 spiro atoms. The third-order valence-corrected chi connectivity index (χ3v) is 20.6. The fourth-order valence-electron chi connectivity index (χ4n) is 12.4. The number of carbonyl (C=O) groups excluding carboxylic acids is 4. The summed E-state index contributed by atoms with van der Waals surface area (Å²) < 4.78 is 68.7. The average molecular weight is 1450 g/mol. The second-order valence-corrected chi connectivity index (χ2v) is 32.7. The van der Waals surface area contributed by atoms with Gasteiger partial charge in [-0.25, -0.2) is 9.13 Å². The van der Waals surface area contributed by atoms with Crippen LogP contribution in [0.2, 0.25) is 0 Å². The Labute approximate surface area is 607 Å². The lowest BCUT2D eigenvalue weighted by atomic mass is 10.0. The predicted octanol–water partition coefficient (Wildman–Crippen LogP) is 23.9. The van der Waals surface area contributed by atoms with Crippen molar-refractivity contribution in [1.29, 1.82) is 0 Å². The van der Waals surface area contributed by atoms with Gasteiger partial charge in [-0.05, 0) is 37.5 Å². The van der Waals surface area contributed by atoms with E-state index >= 15 is 0 Å². The van der Waals surface area contributed by atoms with Gasteiger partial charge in [0, 0.05) is 25.7 Å². The van der Waals surface area contributed by atoms with E-state index in [-0.39, 0.29) is 25.7 Å². The van der Waals surface area contributed by atoms with E-state index in [0.29, 0.717) is 25.7 Å². The van der Waals surface area contributed by atoms with E-state index in [9.17, 15) is 43.2 Å². The maximum atomic E-state index is 13.1. The number of unbranched alkanes of at least 4 members (excludes halogenated alkanes) is 49. The highest BCUT2D eigenvalue weighted by molar-refractivity contribution is 7.47. The number of rotatable bonds is 79. The summed E-state index contributed by atoms with van der Waals surface area (Å²) in [6.45, 7) is 9.63. The Kier molecular flexibility index (Phi) is 70.3. The fraction of sp³-hybridized carbons (Fsp3) is 0.950. The highest BCUT2D eigenvalue weighted by atomic mass is 31.2. The molecule has 3 N–H and O–H groups in total. The van der Waals surface area contributed by atoms with Crippen molar-refractivity contribution in [2.24, 2.45) is 11.8 Å². The van der Waals surface area contributed by atoms with E-state index in [4.69, 9.17) is 37.0 Å². The van der Waals surface area contributed by atoms with Crippen LogP contribution in [0.15, 0.2) is 0 Å². The SMILES string of the molecule is CCCCCCCCCCCCCCCCCCCC(=O)OC[C@H](COP(=O)(O)OC[C@@H](O)COP(=O)(O)OC[C@@H](COC(=O)CCCCCCCCCCCCCC)OC(=O)CCCCCCCCCCCC(C)C)OC(=O)CCCCCCCCCCCCCCCCCC(C)C. The Balaban J connectivity index is 5.25. The van der Waals surface area contributed by atoms with Gasteiger partial charge in [-0.2, -0.15) is 0 Å². The first kappa shape index (κ1) is 97.1. The molecule has 0 bridgehead atoms. The van der Waals surface area contributed by atoms with Crippen LogP contribution in [0.1, 0.15) is 420 Å². The minimum absolute atomic E-state index is 0.106. The molecule has 0 heterocycles. The first-order valence-electron chi connectivity index (χ1n) is 41.5. The summed E-state index contributed by atoms with van der Waals surface area (Å²) in [6.07, 6.45) is 61.0. The molecule has 0 aliphatic rings. The number of ether oxygens (including phenoxy) is 4. The average Bonchev–Trinajstić information content (AvgIpc) is 1.10. The molecule has 0 fully saturated rings. The van der Waals surface area contributed by atoms with Gasteiger partial charge < -0.3 is 33.8 Å². The molecule has 0 rings (SSSR count). The summed E-state index contributed by atoms with van der Waals surface area (Å²) in [5.74, 6) is -0.570. The van der Waals surface area contributed by atoms with E-state index < -0.39 is 97.5 Å². The van der Waals surface area contributed by atoms with Gasteiger partial charge in [0.15, 0.2) is 12.2 Å². The molecule has 0 saturated heterocycles. The van der Waals surface area contributed by atoms with Crippen LogP contribution in [0.5, 0.6) is 0 Å². The molecule has 17 nitrogen and oxygen atoms in total. The van der Waals surface area contributed by atoms with Gasteiger partial charge in [-0.1, -0.05) is 369 Å². The van der Waals surface area contributed by atoms with Crippen molar-refractivity contribution >= 4 is 39.5 Å². The Morgan fingerprint density at radius 1 is 0.273 bits per heavy atom. The third-order valence-electron chi connectivity index (χ3n) is 18.7. The maximum absolute atomic E-state index is 13.1. The number of carbonyl (C=O) groups is 4. The lowest BCUT2D eigenvalue weighted by Crippen LogP contribution is -2.30. The Hall–Kier alpha value is -1.94. The summed E-state index contributed by atoms with van der Waals surface area (Å²) in [6, 6.07) is 0. The van der Waals surface area contributed by atoms with Gasteiger partial charge in [0.25, 0.3) is 0 Å². The molecule has 0 saturated carbocycles. The van der Waals surface area contributed by atoms with Crippen molar-refractivity contribution in [2.45, 2.75) is 439 Å². The number of aliphatic hydroxyl groups excluding tert-OH is 1. The number of hydrogen-bond donors (Lipinski definition) is 3. The highest BCUT2D eigenvalue weighted by Gasteiger charge is 2.30. The van der Waals surface area contributed by atoms with Gasteiger partial charge in [0.2, 0.25) is 0 Å². The maximum Gasteiger partial charge on any atom is 0.472 e. The lowest BCUT2D eigenvalue weighted by molar-refractivity contribution is -0.161. The van der Waals surface area contributed by atoms with Crippen molar-refractivity contribution < 1.29 is 80.2 Å². The minimum Gasteiger partial charge on any atom is -0.462 e. The number of phosphoric ester groups is 2. The summed E-state index contributed by atoms with van der Waals surface area (Å²) in [5.41, 5.74) is 0. The smallest absolute Gasteiger partial charge is 0.462 e. The van der Waals surface area contributed by atoms with E-state index in [2.05, 4.69) is 41.5 Å². The molecule has 0 aliphatic heterocycles. The normalized spacial score (nSPS) is 13.9. The Bertz CT molecular complexity index is 1910. The van der Waals surface area contributed by atoms with Crippen LogP contribution < -0.4 is 0 Å². The Morgan fingerprint density at radius 2 is 0.465 bits per heavy atom. The van der Waals surface area contributed by atoms with E-state index in [1.807, 2.05) is 0 Å². The second-order valence-electron chi connectivity index (χ2n) is 29.8. The van der Waals surface area contributed by atoms with Gasteiger partial charge in [-0.15, -0.1) is 0 Å². The molecule has 99 heavy (non-hydrogen) atoms. The van der Waals surface area contributed by atoms with Crippen molar-refractivity contribution in [3.63, 3.8) is 0 Å². The molecule has 0 radical (unpaired) electrons. The van der Waals surface area contributed by atoms with Crippen molar-refractivity contribution in [2.75, 3.05) is 39.6 Å². The van der Waals surface area contributed by atoms with Crippen LogP contribution in [0, 0.1) is 11.8 Å². The van der Waals surface area contributed by atoms with Crippen molar-refractivity contribution in [3.8, 4) is 0 Å². The number of esters is 4. The quantitative estimate of drug-likeness (QED) is 0.0222. The standard InChI is InChI=1S/C80H156O17P2/c1-7-9-11-13-15-17-19-21-22-23-26-29-33-39-45-51-57-63-78(83)91-68-75(96-79(84)64-58-52-46-40-34-30-27-24-25-28-31-36-42-48-54-60-72(3)4)70-94-98(86,87)92-66-74(81)67-93-99(88,89)95-71-76(97-80(85)65-59-53-47-41-35-37-43-49-55-61-73(5)6)69-90-77(82)62-56-50-44-38-32-20-18-16-14-12-10-8-2/h72-76,81H,7-71H2,1-6H3,(H,86,87)(H,88,89)/t74-,75-,76-/m1/s1. The first-order valence-corrected chi connectivity index (χ1v) is 44.5. The topological polar surface area (TPSA) is 237 Å². The Morgan fingerprint density at radius 3 is 0.687 bits per heavy atom. The van der Waals surface area contributed by atoms with Crippen LogP contribution in [-0.4, -0.2) is 96.7 Å². The van der Waals surface area contributed by atoms with Crippen molar-refractivity contribution in [3.05, 3.63) is 0 Å². The monoisotopic (exact) mass is 1450 g/mol. The van der Waals surface area contributed by atoms with Crippen LogP contribution in [0.4, 0.5) is 0 Å². The fourth-order valence-corrected chi connectivity index (χ4v) is 13.9. The highest BCUT2D eigenvalue weighted by Crippen LogP contribution is 2.45. The lowest BCUT2D eigenvalue weighted by Gasteiger charge is -2.21. The van der Waals surface area contributed by atoms with Crippen molar-refractivity contribution in [1.82, 2.24) is 0 Å². The van der Waals surface area contributed by atoms with E-state index in [1.165, 1.54) is 238 Å². The number of hydrogen-bond acceptors (Lipinski definition) is 15. The summed E-state index contributed by atoms with van der Waals surface area (Å²) in [4.78, 5) is 73.0. The molecular weight excluding hydrogens is 1290 g/mol. The van der Waals surface area contributed by atoms with Gasteiger partial charge in [0.1, 0.15) is 19.3 Å². The molecule has 0 amide bonds. The zero-order valence-corrected chi connectivity index (χ0v) is 66.6. The first-order chi connectivity index (χ1) is 47.9. The van der Waals surface area contributed by atoms with Crippen LogP contribution in [-0.2, 0) is 65.4 Å². The molecule has 588 valence electrons. The minimum atomic E-state index is -4.96. The molecule has 0 aliphatic carbocycles. The molecule has 19 heteroatoms. The number of aliphatic hydroxyl groups is 1. The van der Waals surface area contributed by atoms with Gasteiger partial charge >= 0.3 is 39.5 Å². The summed E-state index contributed by atoms with van der Waals surface area (Å²) in [7, 11) is -9.92.